The average molecular weight is 331 g/mol. The Morgan fingerprint density at radius 3 is 3.12 bits per heavy atom. The van der Waals surface area contributed by atoms with E-state index in [1.165, 1.54) is 6.33 Å². The van der Waals surface area contributed by atoms with Crippen LogP contribution in [-0.2, 0) is 11.5 Å². The monoisotopic (exact) mass is 331 g/mol. The maximum Gasteiger partial charge on any atom is 0.168 e. The van der Waals surface area contributed by atoms with Crippen LogP contribution in [-0.4, -0.2) is 19.5 Å². The van der Waals surface area contributed by atoms with Gasteiger partial charge in [0.1, 0.15) is 11.8 Å². The molecule has 0 fully saturated rings. The van der Waals surface area contributed by atoms with E-state index in [1.54, 1.807) is 10.9 Å². The Balaban J connectivity index is 2.29. The number of halogens is 1. The molecule has 0 saturated heterocycles. The van der Waals surface area contributed by atoms with Crippen LogP contribution in [0.2, 0.25) is 0 Å². The number of nitrogens with two attached hydrogens (primary N) is 1. The molecule has 0 aliphatic heterocycles. The quantitative estimate of drug-likeness (QED) is 0.684. The zero-order valence-corrected chi connectivity index (χ0v) is 10.7. The Morgan fingerprint density at radius 1 is 1.56 bits per heavy atom. The topological polar surface area (TPSA) is 78.9 Å². The molecule has 7 heteroatoms. The fourth-order valence-corrected chi connectivity index (χ4v) is 1.35. The number of allylic oxidation sites excluding steroid dienone is 1. The summed E-state index contributed by atoms with van der Waals surface area (Å²) in [5.74, 6) is 0.379. The summed E-state index contributed by atoms with van der Waals surface area (Å²) in [5, 5.41) is 0. The van der Waals surface area contributed by atoms with Gasteiger partial charge in [0.05, 0.1) is 6.33 Å². The second kappa shape index (κ2) is 4.64. The van der Waals surface area contributed by atoms with Crippen molar-refractivity contribution in [1.82, 2.24) is 19.5 Å². The summed E-state index contributed by atoms with van der Waals surface area (Å²) in [4.78, 5) is 12.1. The summed E-state index contributed by atoms with van der Waals surface area (Å²) >= 11 is 2.11. The molecular weight excluding hydrogens is 321 g/mol. The lowest BCUT2D eigenvalue weighted by Gasteiger charge is -2.05. The maximum absolute atomic E-state index is 5.67. The highest BCUT2D eigenvalue weighted by Gasteiger charge is 2.07. The molecule has 0 saturated carbocycles. The minimum Gasteiger partial charge on any atom is -0.467 e. The fourth-order valence-electron chi connectivity index (χ4n) is 1.21. The summed E-state index contributed by atoms with van der Waals surface area (Å²) in [7, 11) is 0. The third-order valence-corrected chi connectivity index (χ3v) is 2.93. The van der Waals surface area contributed by atoms with Gasteiger partial charge < -0.3 is 10.5 Å². The van der Waals surface area contributed by atoms with E-state index in [0.717, 1.165) is 3.77 Å². The predicted octanol–water partition coefficient (Wildman–Crippen LogP) is 1.68. The number of fused-ring (bicyclic) bond motifs is 1. The highest BCUT2D eigenvalue weighted by Crippen LogP contribution is 2.15. The molecule has 2 aromatic rings. The van der Waals surface area contributed by atoms with Crippen molar-refractivity contribution < 1.29 is 4.74 Å². The molecule has 2 N–H and O–H groups in total. The van der Waals surface area contributed by atoms with Crippen LogP contribution in [0.3, 0.4) is 0 Å². The molecule has 84 valence electrons. The summed E-state index contributed by atoms with van der Waals surface area (Å²) in [6.07, 6.45) is 4.93. The van der Waals surface area contributed by atoms with E-state index < -0.39 is 0 Å². The number of imidazole rings is 1. The second-order valence-corrected chi connectivity index (χ2v) is 4.07. The number of anilines is 1. The highest BCUT2D eigenvalue weighted by molar-refractivity contribution is 14.1. The van der Waals surface area contributed by atoms with Crippen LogP contribution >= 0.6 is 22.6 Å². The van der Waals surface area contributed by atoms with E-state index in [2.05, 4.69) is 37.5 Å². The molecule has 2 rings (SSSR count). The normalized spacial score (nSPS) is 12.0. The first-order chi connectivity index (χ1) is 7.72. The Labute approximate surface area is 106 Å². The van der Waals surface area contributed by atoms with Crippen molar-refractivity contribution in [3.05, 3.63) is 22.5 Å². The first kappa shape index (κ1) is 11.1. The van der Waals surface area contributed by atoms with E-state index in [9.17, 15) is 0 Å². The van der Waals surface area contributed by atoms with Crippen molar-refractivity contribution in [2.45, 2.75) is 13.7 Å². The maximum atomic E-state index is 5.67. The van der Waals surface area contributed by atoms with Gasteiger partial charge in [0.2, 0.25) is 0 Å². The zero-order valence-electron chi connectivity index (χ0n) is 8.59. The lowest BCUT2D eigenvalue weighted by Crippen LogP contribution is -2.01. The molecule has 0 spiro atoms. The van der Waals surface area contributed by atoms with Crippen molar-refractivity contribution in [3.8, 4) is 0 Å². The number of nitrogens with zero attached hydrogens (tertiary/aromatic N) is 4. The Hall–Kier alpha value is -1.38. The third-order valence-electron chi connectivity index (χ3n) is 2.00. The van der Waals surface area contributed by atoms with E-state index in [-0.39, 0.29) is 0 Å². The van der Waals surface area contributed by atoms with Crippen molar-refractivity contribution in [2.24, 2.45) is 0 Å². The largest absolute Gasteiger partial charge is 0.467 e. The van der Waals surface area contributed by atoms with Crippen LogP contribution in [0.25, 0.3) is 11.2 Å². The van der Waals surface area contributed by atoms with Crippen molar-refractivity contribution >= 4 is 39.6 Å². The standard InChI is InChI=1S/C9H10IN5O/c1-2-6(10)16-5-15-4-14-7-8(11)12-3-13-9(7)15/h2-4H,5H2,1H3,(H2,11,12,13)/b6-2-. The second-order valence-electron chi connectivity index (χ2n) is 3.01. The minimum absolute atomic E-state index is 0.357. The molecule has 2 heterocycles. The van der Waals surface area contributed by atoms with Crippen molar-refractivity contribution in [2.75, 3.05) is 5.73 Å². The van der Waals surface area contributed by atoms with Gasteiger partial charge in [-0.05, 0) is 35.6 Å². The van der Waals surface area contributed by atoms with Gasteiger partial charge in [-0.15, -0.1) is 0 Å². The van der Waals surface area contributed by atoms with Gasteiger partial charge in [0.15, 0.2) is 22.0 Å². The smallest absolute Gasteiger partial charge is 0.168 e. The zero-order chi connectivity index (χ0) is 11.5. The van der Waals surface area contributed by atoms with Crippen LogP contribution in [0, 0.1) is 0 Å². The van der Waals surface area contributed by atoms with Crippen LogP contribution in [0.4, 0.5) is 5.82 Å². The lowest BCUT2D eigenvalue weighted by molar-refractivity contribution is 0.173. The molecule has 6 nitrogen and oxygen atoms in total. The molecule has 16 heavy (non-hydrogen) atoms. The molecule has 0 atom stereocenters. The number of nitrogen functional groups attached to an aromatic ring is 1. The highest BCUT2D eigenvalue weighted by atomic mass is 127. The summed E-state index contributed by atoms with van der Waals surface area (Å²) in [6, 6.07) is 0. The molecule has 2 aromatic heterocycles. The van der Waals surface area contributed by atoms with Crippen LogP contribution in [0.5, 0.6) is 0 Å². The van der Waals surface area contributed by atoms with Crippen molar-refractivity contribution in [3.63, 3.8) is 0 Å². The summed E-state index contributed by atoms with van der Waals surface area (Å²) < 4.78 is 8.05. The van der Waals surface area contributed by atoms with Crippen LogP contribution in [0.1, 0.15) is 6.92 Å². The predicted molar refractivity (Wildman–Crippen MR) is 68.6 cm³/mol. The Kier molecular flexibility index (Phi) is 3.22. The number of aromatic nitrogens is 4. The van der Waals surface area contributed by atoms with E-state index in [0.29, 0.717) is 23.7 Å². The Morgan fingerprint density at radius 2 is 2.38 bits per heavy atom. The Bertz CT molecular complexity index is 536. The van der Waals surface area contributed by atoms with E-state index >= 15 is 0 Å². The first-order valence-electron chi connectivity index (χ1n) is 4.58. The van der Waals surface area contributed by atoms with Crippen LogP contribution in [0.15, 0.2) is 22.5 Å². The molecule has 0 aliphatic rings. The van der Waals surface area contributed by atoms with Gasteiger partial charge in [-0.2, -0.15) is 0 Å². The van der Waals surface area contributed by atoms with E-state index in [1.807, 2.05) is 13.0 Å². The number of hydrogen-bond donors (Lipinski definition) is 1. The van der Waals surface area contributed by atoms with Gasteiger partial charge in [-0.1, -0.05) is 0 Å². The number of ether oxygens (including phenoxy) is 1. The van der Waals surface area contributed by atoms with Crippen LogP contribution < -0.4 is 5.73 Å². The van der Waals surface area contributed by atoms with Crippen molar-refractivity contribution in [1.29, 1.82) is 0 Å². The summed E-state index contributed by atoms with van der Waals surface area (Å²) in [5.41, 5.74) is 6.94. The first-order valence-corrected chi connectivity index (χ1v) is 5.66. The molecule has 0 unspecified atom stereocenters. The molecule has 0 radical (unpaired) electrons. The van der Waals surface area contributed by atoms with Gasteiger partial charge in [0, 0.05) is 0 Å². The van der Waals surface area contributed by atoms with Gasteiger partial charge in [-0.3, -0.25) is 4.57 Å². The number of hydrogen-bond acceptors (Lipinski definition) is 5. The van der Waals surface area contributed by atoms with Gasteiger partial charge in [-0.25, -0.2) is 15.0 Å². The minimum atomic E-state index is 0.357. The molecule has 0 aromatic carbocycles. The lowest BCUT2D eigenvalue weighted by atomic mass is 10.5. The molecule has 0 amide bonds. The molecule has 0 bridgehead atoms. The molecule has 0 aliphatic carbocycles. The van der Waals surface area contributed by atoms with Gasteiger partial charge in [0.25, 0.3) is 0 Å². The molecular formula is C9H10IN5O. The van der Waals surface area contributed by atoms with Gasteiger partial charge >= 0.3 is 0 Å². The average Bonchev–Trinajstić information content (AvgIpc) is 2.70. The summed E-state index contributed by atoms with van der Waals surface area (Å²) in [6.45, 7) is 2.27. The third kappa shape index (κ3) is 2.08. The van der Waals surface area contributed by atoms with E-state index in [4.69, 9.17) is 10.5 Å². The SMILES string of the molecule is C/C=C(/I)OCn1cnc2c(N)ncnc21. The fraction of sp³-hybridized carbons (Fsp3) is 0.222. The number of rotatable bonds is 3.